The Hall–Kier alpha value is -7.08. The van der Waals surface area contributed by atoms with Crippen molar-refractivity contribution in [3.63, 3.8) is 0 Å². The molecule has 0 atom stereocenters. The zero-order valence-electron chi connectivity index (χ0n) is 35.9. The fourth-order valence-electron chi connectivity index (χ4n) is 8.01. The second kappa shape index (κ2) is 18.5. The third-order valence-corrected chi connectivity index (χ3v) is 11.4. The summed E-state index contributed by atoms with van der Waals surface area (Å²) in [5.41, 5.74) is 18.1. The van der Waals surface area contributed by atoms with Crippen molar-refractivity contribution in [2.45, 2.75) is 33.8 Å². The number of rotatable bonds is 14. The van der Waals surface area contributed by atoms with Crippen molar-refractivity contribution in [2.24, 2.45) is 0 Å². The lowest BCUT2D eigenvalue weighted by Crippen LogP contribution is -2.10. The number of methoxy groups -OCH3 is 3. The fourth-order valence-corrected chi connectivity index (χ4v) is 8.01. The van der Waals surface area contributed by atoms with E-state index in [0.29, 0.717) is 6.61 Å². The van der Waals surface area contributed by atoms with Crippen LogP contribution in [0.5, 0.6) is 11.5 Å². The molecule has 61 heavy (non-hydrogen) atoms. The molecule has 8 aromatic carbocycles. The third kappa shape index (κ3) is 8.94. The highest BCUT2D eigenvalue weighted by atomic mass is 16.5. The van der Waals surface area contributed by atoms with Gasteiger partial charge in [-0.1, -0.05) is 91.9 Å². The third-order valence-electron chi connectivity index (χ3n) is 11.4. The van der Waals surface area contributed by atoms with E-state index in [1.165, 1.54) is 11.1 Å². The molecule has 5 heteroatoms. The van der Waals surface area contributed by atoms with Crippen LogP contribution in [0.1, 0.15) is 29.2 Å². The molecule has 0 saturated heterocycles. The Kier molecular flexibility index (Phi) is 12.3. The second-order valence-electron chi connectivity index (χ2n) is 15.3. The molecular weight excluding hydrogens is 749 g/mol. The Morgan fingerprint density at radius 2 is 0.623 bits per heavy atom. The van der Waals surface area contributed by atoms with Crippen LogP contribution in [0.15, 0.2) is 182 Å². The number of anilines is 6. The Balaban J connectivity index is 1.08. The van der Waals surface area contributed by atoms with Crippen molar-refractivity contribution in [3.05, 3.63) is 204 Å². The Labute approximate surface area is 361 Å². The number of nitrogens with zero attached hydrogens (tertiary/aromatic N) is 2. The van der Waals surface area contributed by atoms with Gasteiger partial charge in [0.2, 0.25) is 0 Å². The molecule has 0 bridgehead atoms. The van der Waals surface area contributed by atoms with E-state index < -0.39 is 0 Å². The highest BCUT2D eigenvalue weighted by Crippen LogP contribution is 2.40. The van der Waals surface area contributed by atoms with Crippen molar-refractivity contribution >= 4 is 34.1 Å². The number of ether oxygens (including phenoxy) is 3. The largest absolute Gasteiger partial charge is 0.496 e. The first-order valence-electron chi connectivity index (χ1n) is 20.8. The molecule has 8 aromatic rings. The van der Waals surface area contributed by atoms with Gasteiger partial charge in [-0.2, -0.15) is 0 Å². The highest BCUT2D eigenvalue weighted by molar-refractivity contribution is 5.82. The van der Waals surface area contributed by atoms with Gasteiger partial charge in [-0.3, -0.25) is 0 Å². The minimum Gasteiger partial charge on any atom is -0.496 e. The van der Waals surface area contributed by atoms with Crippen LogP contribution in [-0.2, 0) is 17.8 Å². The predicted octanol–water partition coefficient (Wildman–Crippen LogP) is 15.0. The summed E-state index contributed by atoms with van der Waals surface area (Å²) in [5, 5.41) is 0. The van der Waals surface area contributed by atoms with Gasteiger partial charge in [0, 0.05) is 41.2 Å². The van der Waals surface area contributed by atoms with Gasteiger partial charge in [-0.25, -0.2) is 0 Å². The van der Waals surface area contributed by atoms with Gasteiger partial charge in [-0.05, 0) is 173 Å². The van der Waals surface area contributed by atoms with Crippen LogP contribution in [-0.4, -0.2) is 21.3 Å². The van der Waals surface area contributed by atoms with Crippen molar-refractivity contribution in [2.75, 3.05) is 31.1 Å². The summed E-state index contributed by atoms with van der Waals surface area (Å²) in [6.45, 7) is 6.93. The fraction of sp³-hybridized carbons (Fsp3) is 0.143. The molecule has 0 radical (unpaired) electrons. The van der Waals surface area contributed by atoms with Crippen LogP contribution in [0, 0.1) is 13.8 Å². The maximum atomic E-state index is 5.50. The summed E-state index contributed by atoms with van der Waals surface area (Å²) in [7, 11) is 5.15. The lowest BCUT2D eigenvalue weighted by molar-refractivity contribution is 0.185. The molecule has 0 aromatic heterocycles. The first kappa shape index (κ1) is 40.7. The lowest BCUT2D eigenvalue weighted by atomic mass is 10.0. The quantitative estimate of drug-likeness (QED) is 0.109. The van der Waals surface area contributed by atoms with E-state index in [1.54, 1.807) is 21.3 Å². The zero-order valence-corrected chi connectivity index (χ0v) is 35.9. The molecule has 0 fully saturated rings. The predicted molar refractivity (Wildman–Crippen MR) is 255 cm³/mol. The smallest absolute Gasteiger partial charge is 0.121 e. The van der Waals surface area contributed by atoms with Crippen LogP contribution >= 0.6 is 0 Å². The SMILES string of the molecule is CCc1ccc(N(c2ccc(-c3ccc(N(c4ccc(COC)cc4)c4ccc(-c5ccc(OC)c(C)c5)cc4)cc3)cc2)c2ccc(-c3ccc(OC)c(C)c3)cc2)cc1. The van der Waals surface area contributed by atoms with Gasteiger partial charge in [0.1, 0.15) is 11.5 Å². The second-order valence-corrected chi connectivity index (χ2v) is 15.3. The molecule has 0 unspecified atom stereocenters. The van der Waals surface area contributed by atoms with Crippen LogP contribution in [0.25, 0.3) is 33.4 Å². The van der Waals surface area contributed by atoms with Crippen LogP contribution in [0.4, 0.5) is 34.1 Å². The molecule has 0 aliphatic carbocycles. The van der Waals surface area contributed by atoms with Gasteiger partial charge in [0.05, 0.1) is 20.8 Å². The maximum absolute atomic E-state index is 5.50. The molecular formula is C56H52N2O3. The normalized spacial score (nSPS) is 11.0. The van der Waals surface area contributed by atoms with E-state index in [-0.39, 0.29) is 0 Å². The van der Waals surface area contributed by atoms with Gasteiger partial charge in [-0.15, -0.1) is 0 Å². The maximum Gasteiger partial charge on any atom is 0.121 e. The van der Waals surface area contributed by atoms with E-state index >= 15 is 0 Å². The lowest BCUT2D eigenvalue weighted by Gasteiger charge is -2.27. The van der Waals surface area contributed by atoms with Crippen LogP contribution in [0.2, 0.25) is 0 Å². The average Bonchev–Trinajstić information content (AvgIpc) is 3.31. The topological polar surface area (TPSA) is 34.2 Å². The minimum atomic E-state index is 0.573. The van der Waals surface area contributed by atoms with Crippen LogP contribution < -0.4 is 19.3 Å². The summed E-state index contributed by atoms with van der Waals surface area (Å²) in [4.78, 5) is 4.63. The highest BCUT2D eigenvalue weighted by Gasteiger charge is 2.16. The summed E-state index contributed by atoms with van der Waals surface area (Å²) >= 11 is 0. The summed E-state index contributed by atoms with van der Waals surface area (Å²) < 4.78 is 16.4. The van der Waals surface area contributed by atoms with Gasteiger partial charge in [0.15, 0.2) is 0 Å². The van der Waals surface area contributed by atoms with Crippen molar-refractivity contribution in [1.29, 1.82) is 0 Å². The molecule has 0 amide bonds. The molecule has 0 saturated carbocycles. The molecule has 0 aliphatic rings. The molecule has 0 aliphatic heterocycles. The van der Waals surface area contributed by atoms with Crippen molar-refractivity contribution < 1.29 is 14.2 Å². The summed E-state index contributed by atoms with van der Waals surface area (Å²) in [6.07, 6.45) is 0.999. The average molecular weight is 801 g/mol. The monoisotopic (exact) mass is 800 g/mol. The van der Waals surface area contributed by atoms with E-state index in [2.05, 4.69) is 200 Å². The van der Waals surface area contributed by atoms with Crippen molar-refractivity contribution in [3.8, 4) is 44.9 Å². The molecule has 5 nitrogen and oxygen atoms in total. The first-order valence-corrected chi connectivity index (χ1v) is 20.8. The van der Waals surface area contributed by atoms with Crippen molar-refractivity contribution in [1.82, 2.24) is 0 Å². The Morgan fingerprint density at radius 1 is 0.344 bits per heavy atom. The number of aryl methyl sites for hydroxylation is 3. The van der Waals surface area contributed by atoms with Crippen LogP contribution in [0.3, 0.4) is 0 Å². The Morgan fingerprint density at radius 3 is 0.902 bits per heavy atom. The number of hydrogen-bond donors (Lipinski definition) is 0. The summed E-state index contributed by atoms with van der Waals surface area (Å²) in [5.74, 6) is 1.79. The number of benzene rings is 8. The number of hydrogen-bond acceptors (Lipinski definition) is 5. The van der Waals surface area contributed by atoms with E-state index in [4.69, 9.17) is 14.2 Å². The standard InChI is InChI=1S/C56H52N2O3/c1-7-41-8-22-49(23-9-41)57(53-30-16-45(17-31-53)47-20-34-55(60-5)39(2)36-47)51-26-12-43(13-27-51)44-14-28-52(29-15-44)58(50-24-10-42(11-25-50)38-59-4)54-32-18-46(19-33-54)48-21-35-56(61-6)40(3)37-48/h8-37H,7,38H2,1-6H3. The molecule has 0 N–H and O–H groups in total. The molecule has 304 valence electrons. The van der Waals surface area contributed by atoms with Gasteiger partial charge < -0.3 is 24.0 Å². The van der Waals surface area contributed by atoms with Gasteiger partial charge in [0.25, 0.3) is 0 Å². The molecule has 0 spiro atoms. The molecule has 8 rings (SSSR count). The minimum absolute atomic E-state index is 0.573. The van der Waals surface area contributed by atoms with Gasteiger partial charge >= 0.3 is 0 Å². The van der Waals surface area contributed by atoms with E-state index in [1.807, 2.05) is 12.1 Å². The zero-order chi connectivity index (χ0) is 42.3. The van der Waals surface area contributed by atoms with E-state index in [9.17, 15) is 0 Å². The summed E-state index contributed by atoms with van der Waals surface area (Å²) in [6, 6.07) is 65.5. The Bertz CT molecular complexity index is 2690. The molecule has 0 heterocycles. The van der Waals surface area contributed by atoms with E-state index in [0.717, 1.165) is 96.6 Å². The first-order chi connectivity index (χ1) is 29.8.